The van der Waals surface area contributed by atoms with Crippen LogP contribution in [0.5, 0.6) is 0 Å². The Hall–Kier alpha value is -1.34. The average molecular weight is 221 g/mol. The molecule has 6 N–H and O–H groups in total. The molecule has 14 heavy (non-hydrogen) atoms. The highest BCUT2D eigenvalue weighted by Gasteiger charge is 2.06. The van der Waals surface area contributed by atoms with Crippen LogP contribution in [-0.2, 0) is 10.0 Å². The van der Waals surface area contributed by atoms with Gasteiger partial charge in [0.1, 0.15) is 5.82 Å². The molecule has 0 saturated carbocycles. The van der Waals surface area contributed by atoms with Gasteiger partial charge in [-0.15, -0.1) is 0 Å². The number of hydrogen-bond acceptors (Lipinski definition) is 4. The van der Waals surface area contributed by atoms with Gasteiger partial charge in [-0.2, -0.15) is 0 Å². The summed E-state index contributed by atoms with van der Waals surface area (Å²) in [5.41, 5.74) is 5.51. The predicted molar refractivity (Wildman–Crippen MR) is 54.3 cm³/mol. The van der Waals surface area contributed by atoms with E-state index in [9.17, 15) is 12.8 Å². The minimum Gasteiger partial charge on any atom is -0.399 e. The molecule has 0 aromatic heterocycles. The van der Waals surface area contributed by atoms with E-state index in [2.05, 4.69) is 0 Å². The fourth-order valence-electron chi connectivity index (χ4n) is 0.821. The van der Waals surface area contributed by atoms with Crippen molar-refractivity contribution < 1.29 is 12.8 Å². The van der Waals surface area contributed by atoms with E-state index in [0.717, 1.165) is 12.3 Å². The molecular weight excluding hydrogens is 209 g/mol. The average Bonchev–Trinajstić information content (AvgIpc) is 1.94. The Morgan fingerprint density at radius 1 is 1.43 bits per heavy atom. The molecule has 1 aromatic rings. The van der Waals surface area contributed by atoms with E-state index in [1.165, 1.54) is 12.1 Å². The summed E-state index contributed by atoms with van der Waals surface area (Å²) in [5, 5.41) is 0. The summed E-state index contributed by atoms with van der Waals surface area (Å²) < 4.78 is 36.4. The first-order chi connectivity index (χ1) is 5.88. The van der Waals surface area contributed by atoms with Crippen molar-refractivity contribution in [3.05, 3.63) is 24.0 Å². The molecule has 0 atom stereocenters. The minimum atomic E-state index is -3.46. The predicted octanol–water partition coefficient (Wildman–Crippen LogP) is 0.941. The lowest BCUT2D eigenvalue weighted by Crippen LogP contribution is -2.11. The molecular formula is C7H12FN3O2S. The van der Waals surface area contributed by atoms with Crippen molar-refractivity contribution >= 4 is 21.4 Å². The second kappa shape index (κ2) is 4.25. The fraction of sp³-hybridized carbons (Fsp3) is 0.143. The van der Waals surface area contributed by atoms with Gasteiger partial charge in [0, 0.05) is 5.69 Å². The lowest BCUT2D eigenvalue weighted by Gasteiger charge is -2.05. The molecule has 0 saturated heterocycles. The Bertz CT molecular complexity index is 419. The van der Waals surface area contributed by atoms with Crippen LogP contribution in [0.1, 0.15) is 0 Å². The number of rotatable bonds is 2. The number of nitrogens with one attached hydrogen (secondary N) is 1. The van der Waals surface area contributed by atoms with Crippen molar-refractivity contribution in [2.75, 3.05) is 16.7 Å². The Labute approximate surface area is 81.7 Å². The molecule has 0 radical (unpaired) electrons. The van der Waals surface area contributed by atoms with Crippen LogP contribution in [0.2, 0.25) is 0 Å². The third-order valence-corrected chi connectivity index (χ3v) is 1.88. The molecule has 0 bridgehead atoms. The van der Waals surface area contributed by atoms with Crippen LogP contribution in [0.3, 0.4) is 0 Å². The van der Waals surface area contributed by atoms with Gasteiger partial charge in [0.2, 0.25) is 10.0 Å². The quantitative estimate of drug-likeness (QED) is 0.646. The molecule has 0 aliphatic heterocycles. The summed E-state index contributed by atoms with van der Waals surface area (Å²) in [6, 6.07) is 3.67. The summed E-state index contributed by atoms with van der Waals surface area (Å²) in [6.07, 6.45) is 0.940. The van der Waals surface area contributed by atoms with Gasteiger partial charge in [-0.1, -0.05) is 0 Å². The fourth-order valence-corrected chi connectivity index (χ4v) is 1.38. The summed E-state index contributed by atoms with van der Waals surface area (Å²) in [4.78, 5) is 0. The molecule has 0 amide bonds. The number of nitrogens with two attached hydrogens (primary N) is 1. The van der Waals surface area contributed by atoms with Crippen molar-refractivity contribution in [2.45, 2.75) is 0 Å². The normalized spacial score (nSPS) is 10.4. The number of sulfonamides is 1. The number of anilines is 2. The molecule has 0 aliphatic carbocycles. The first kappa shape index (κ1) is 12.7. The minimum absolute atomic E-state index is 0. The van der Waals surface area contributed by atoms with Gasteiger partial charge in [0.05, 0.1) is 11.9 Å². The van der Waals surface area contributed by atoms with Crippen molar-refractivity contribution in [2.24, 2.45) is 0 Å². The smallest absolute Gasteiger partial charge is 0.229 e. The van der Waals surface area contributed by atoms with Gasteiger partial charge < -0.3 is 11.9 Å². The van der Waals surface area contributed by atoms with Crippen LogP contribution in [0.25, 0.3) is 0 Å². The molecule has 0 spiro atoms. The molecule has 5 nitrogen and oxygen atoms in total. The second-order valence-electron chi connectivity index (χ2n) is 2.61. The second-order valence-corrected chi connectivity index (χ2v) is 4.36. The zero-order valence-corrected chi connectivity index (χ0v) is 8.44. The Kier molecular flexibility index (Phi) is 3.84. The van der Waals surface area contributed by atoms with Crippen LogP contribution in [-0.4, -0.2) is 14.7 Å². The zero-order chi connectivity index (χ0) is 10.1. The lowest BCUT2D eigenvalue weighted by molar-refractivity contribution is 0.604. The lowest BCUT2D eigenvalue weighted by atomic mass is 10.3. The highest BCUT2D eigenvalue weighted by molar-refractivity contribution is 7.92. The molecule has 80 valence electrons. The molecule has 1 aromatic carbocycles. The SMILES string of the molecule is CS(=O)(=O)Nc1cc(N)ccc1F.N. The first-order valence-electron chi connectivity index (χ1n) is 3.41. The molecule has 0 aliphatic rings. The van der Waals surface area contributed by atoms with E-state index in [-0.39, 0.29) is 11.8 Å². The van der Waals surface area contributed by atoms with E-state index in [1.54, 1.807) is 0 Å². The van der Waals surface area contributed by atoms with Crippen LogP contribution in [0, 0.1) is 5.82 Å². The van der Waals surface area contributed by atoms with Crippen molar-refractivity contribution in [3.8, 4) is 0 Å². The Morgan fingerprint density at radius 2 is 2.00 bits per heavy atom. The van der Waals surface area contributed by atoms with E-state index in [0.29, 0.717) is 5.69 Å². The number of hydrogen-bond donors (Lipinski definition) is 3. The zero-order valence-electron chi connectivity index (χ0n) is 7.62. The van der Waals surface area contributed by atoms with Gasteiger partial charge in [-0.25, -0.2) is 12.8 Å². The summed E-state index contributed by atoms with van der Waals surface area (Å²) in [7, 11) is -3.46. The summed E-state index contributed by atoms with van der Waals surface area (Å²) >= 11 is 0. The number of benzene rings is 1. The third-order valence-electron chi connectivity index (χ3n) is 1.29. The molecule has 0 fully saturated rings. The monoisotopic (exact) mass is 221 g/mol. The van der Waals surface area contributed by atoms with Crippen LogP contribution >= 0.6 is 0 Å². The molecule has 0 unspecified atom stereocenters. The number of nitrogen functional groups attached to an aromatic ring is 1. The van der Waals surface area contributed by atoms with Gasteiger partial charge in [0.15, 0.2) is 0 Å². The van der Waals surface area contributed by atoms with E-state index >= 15 is 0 Å². The maximum atomic E-state index is 12.9. The van der Waals surface area contributed by atoms with Crippen LogP contribution < -0.4 is 16.6 Å². The molecule has 1 rings (SSSR count). The van der Waals surface area contributed by atoms with Crippen LogP contribution in [0.4, 0.5) is 15.8 Å². The molecule has 0 heterocycles. The Morgan fingerprint density at radius 3 is 2.50 bits per heavy atom. The maximum absolute atomic E-state index is 12.9. The number of halogens is 1. The molecule has 7 heteroatoms. The van der Waals surface area contributed by atoms with Crippen molar-refractivity contribution in [1.82, 2.24) is 6.15 Å². The maximum Gasteiger partial charge on any atom is 0.229 e. The van der Waals surface area contributed by atoms with E-state index < -0.39 is 15.8 Å². The van der Waals surface area contributed by atoms with Gasteiger partial charge in [0.25, 0.3) is 0 Å². The van der Waals surface area contributed by atoms with E-state index in [4.69, 9.17) is 5.73 Å². The topological polar surface area (TPSA) is 107 Å². The first-order valence-corrected chi connectivity index (χ1v) is 5.30. The van der Waals surface area contributed by atoms with Gasteiger partial charge in [-0.3, -0.25) is 4.72 Å². The van der Waals surface area contributed by atoms with Crippen molar-refractivity contribution in [3.63, 3.8) is 0 Å². The van der Waals surface area contributed by atoms with Gasteiger partial charge >= 0.3 is 0 Å². The van der Waals surface area contributed by atoms with E-state index in [1.807, 2.05) is 4.72 Å². The van der Waals surface area contributed by atoms with Crippen LogP contribution in [0.15, 0.2) is 18.2 Å². The largest absolute Gasteiger partial charge is 0.399 e. The third kappa shape index (κ3) is 3.58. The standard InChI is InChI=1S/C7H9FN2O2S.H3N/c1-13(11,12)10-7-4-5(9)2-3-6(7)8;/h2-4,10H,9H2,1H3;1H3. The highest BCUT2D eigenvalue weighted by atomic mass is 32.2. The van der Waals surface area contributed by atoms with Crippen molar-refractivity contribution in [1.29, 1.82) is 0 Å². The van der Waals surface area contributed by atoms with Gasteiger partial charge in [-0.05, 0) is 18.2 Å². The summed E-state index contributed by atoms with van der Waals surface area (Å²) in [6.45, 7) is 0. The summed E-state index contributed by atoms with van der Waals surface area (Å²) in [5.74, 6) is -0.653. The highest BCUT2D eigenvalue weighted by Crippen LogP contribution is 2.17. The Balaban J connectivity index is 0.00000169.